The van der Waals surface area contributed by atoms with Gasteiger partial charge in [0, 0.05) is 47.6 Å². The van der Waals surface area contributed by atoms with Crippen LogP contribution in [0.2, 0.25) is 0 Å². The summed E-state index contributed by atoms with van der Waals surface area (Å²) in [5.74, 6) is 0. The number of nitrogens with zero attached hydrogens (tertiary/aromatic N) is 1. The number of hydrogen-bond donors (Lipinski definition) is 0. The van der Waals surface area contributed by atoms with Crippen molar-refractivity contribution in [2.24, 2.45) is 0 Å². The minimum Gasteiger partial charge on any atom is -0.453 e. The summed E-state index contributed by atoms with van der Waals surface area (Å²) in [7, 11) is 0. The smallest absolute Gasteiger partial charge is 0.159 e. The number of rotatable bonds is 6. The first kappa shape index (κ1) is 31.6. The average molecular weight is 720 g/mol. The molecule has 0 amide bonds. The van der Waals surface area contributed by atoms with Crippen LogP contribution in [-0.4, -0.2) is 0 Å². The predicted molar refractivity (Wildman–Crippen MR) is 235 cm³/mol. The molecule has 0 aliphatic carbocycles. The van der Waals surface area contributed by atoms with E-state index in [1.54, 1.807) is 0 Å². The van der Waals surface area contributed by atoms with Gasteiger partial charge in [-0.1, -0.05) is 164 Å². The molecule has 0 radical (unpaired) electrons. The van der Waals surface area contributed by atoms with E-state index in [-0.39, 0.29) is 0 Å². The van der Waals surface area contributed by atoms with Gasteiger partial charge in [0.1, 0.15) is 5.58 Å². The summed E-state index contributed by atoms with van der Waals surface area (Å²) in [6, 6.07) is 72.0. The number of para-hydroxylation sites is 2. The van der Waals surface area contributed by atoms with E-state index in [2.05, 4.69) is 205 Å². The molecule has 55 heavy (non-hydrogen) atoms. The zero-order valence-corrected chi connectivity index (χ0v) is 30.6. The van der Waals surface area contributed by atoms with E-state index in [4.69, 9.17) is 4.42 Å². The Morgan fingerprint density at radius 2 is 0.891 bits per heavy atom. The third kappa shape index (κ3) is 5.16. The molecule has 0 saturated heterocycles. The summed E-state index contributed by atoms with van der Waals surface area (Å²) >= 11 is 1.86. The second kappa shape index (κ2) is 12.9. The van der Waals surface area contributed by atoms with Crippen molar-refractivity contribution in [3.8, 4) is 33.4 Å². The number of thiophene rings is 1. The monoisotopic (exact) mass is 719 g/mol. The van der Waals surface area contributed by atoms with Gasteiger partial charge in [-0.05, 0) is 69.6 Å². The Balaban J connectivity index is 1.15. The van der Waals surface area contributed by atoms with Gasteiger partial charge in [0.25, 0.3) is 0 Å². The molecule has 0 aliphatic heterocycles. The third-order valence-electron chi connectivity index (χ3n) is 10.9. The van der Waals surface area contributed by atoms with E-state index in [0.29, 0.717) is 0 Å². The molecular weight excluding hydrogens is 687 g/mol. The van der Waals surface area contributed by atoms with Crippen molar-refractivity contribution in [1.82, 2.24) is 0 Å². The van der Waals surface area contributed by atoms with Gasteiger partial charge in [-0.15, -0.1) is 11.3 Å². The Morgan fingerprint density at radius 1 is 0.327 bits per heavy atom. The summed E-state index contributed by atoms with van der Waals surface area (Å²) in [6.45, 7) is 0. The highest BCUT2D eigenvalue weighted by Crippen LogP contribution is 2.47. The quantitative estimate of drug-likeness (QED) is 0.170. The van der Waals surface area contributed by atoms with Crippen LogP contribution < -0.4 is 4.90 Å². The zero-order valence-electron chi connectivity index (χ0n) is 29.8. The molecule has 2 heterocycles. The van der Waals surface area contributed by atoms with Crippen LogP contribution in [0.4, 0.5) is 17.1 Å². The molecule has 258 valence electrons. The van der Waals surface area contributed by atoms with Crippen LogP contribution in [0.5, 0.6) is 0 Å². The van der Waals surface area contributed by atoms with E-state index in [1.165, 1.54) is 53.2 Å². The maximum Gasteiger partial charge on any atom is 0.159 e. The fourth-order valence-corrected chi connectivity index (χ4v) is 9.52. The Labute approximate surface area is 322 Å². The standard InChI is InChI=1S/C52H33NOS/c1-3-14-34(15-4-1)38-32-33-46(42-19-8-7-18-41(38)42)53(37-30-28-36(29-31-37)39-21-13-27-49-50(39)45-20-9-10-26-48(45)55-49)47-25-12-24-44-43-23-11-22-40(51(43)54-52(44)47)35-16-5-2-6-17-35/h1-33H. The van der Waals surface area contributed by atoms with Crippen LogP contribution in [0.1, 0.15) is 0 Å². The normalized spacial score (nSPS) is 11.6. The molecule has 2 nitrogen and oxygen atoms in total. The third-order valence-corrected chi connectivity index (χ3v) is 12.0. The van der Waals surface area contributed by atoms with Crippen molar-refractivity contribution in [3.63, 3.8) is 0 Å². The maximum absolute atomic E-state index is 7.03. The molecule has 9 aromatic carbocycles. The second-order valence-electron chi connectivity index (χ2n) is 14.0. The molecule has 3 heteroatoms. The highest BCUT2D eigenvalue weighted by Gasteiger charge is 2.23. The lowest BCUT2D eigenvalue weighted by molar-refractivity contribution is 0.670. The molecular formula is C52H33NOS. The predicted octanol–water partition coefficient (Wildman–Crippen LogP) is 15.6. The number of furan rings is 1. The van der Waals surface area contributed by atoms with Gasteiger partial charge in [-0.25, -0.2) is 0 Å². The number of benzene rings is 9. The molecule has 0 saturated carbocycles. The highest BCUT2D eigenvalue weighted by molar-refractivity contribution is 7.25. The molecule has 0 spiro atoms. The summed E-state index contributed by atoms with van der Waals surface area (Å²) < 4.78 is 9.65. The van der Waals surface area contributed by atoms with Gasteiger partial charge in [0.05, 0.1) is 11.4 Å². The van der Waals surface area contributed by atoms with Gasteiger partial charge >= 0.3 is 0 Å². The maximum atomic E-state index is 7.03. The largest absolute Gasteiger partial charge is 0.453 e. The molecule has 0 aliphatic rings. The van der Waals surface area contributed by atoms with Crippen LogP contribution >= 0.6 is 11.3 Å². The minimum absolute atomic E-state index is 0.857. The zero-order chi connectivity index (χ0) is 36.3. The van der Waals surface area contributed by atoms with E-state index < -0.39 is 0 Å². The lowest BCUT2D eigenvalue weighted by Gasteiger charge is -2.27. The lowest BCUT2D eigenvalue weighted by atomic mass is 9.96. The Bertz CT molecular complexity index is 3190. The average Bonchev–Trinajstić information content (AvgIpc) is 3.84. The first-order valence-electron chi connectivity index (χ1n) is 18.7. The molecule has 0 unspecified atom stereocenters. The highest BCUT2D eigenvalue weighted by atomic mass is 32.1. The van der Waals surface area contributed by atoms with Gasteiger partial charge < -0.3 is 9.32 Å². The van der Waals surface area contributed by atoms with Crippen molar-refractivity contribution >= 4 is 81.3 Å². The van der Waals surface area contributed by atoms with Crippen LogP contribution in [-0.2, 0) is 0 Å². The molecule has 2 aromatic heterocycles. The second-order valence-corrected chi connectivity index (χ2v) is 15.1. The van der Waals surface area contributed by atoms with Crippen molar-refractivity contribution in [2.75, 3.05) is 4.90 Å². The van der Waals surface area contributed by atoms with E-state index in [9.17, 15) is 0 Å². The first-order valence-corrected chi connectivity index (χ1v) is 19.5. The SMILES string of the molecule is c1ccc(-c2ccc(N(c3ccc(-c4cccc5sc6ccccc6c45)cc3)c3cccc4c3oc3c(-c5ccccc5)cccc34)c3ccccc23)cc1. The summed E-state index contributed by atoms with van der Waals surface area (Å²) in [5.41, 5.74) is 12.0. The first-order chi connectivity index (χ1) is 27.3. The van der Waals surface area contributed by atoms with Crippen LogP contribution in [0.3, 0.4) is 0 Å². The number of anilines is 3. The van der Waals surface area contributed by atoms with Crippen LogP contribution in [0.25, 0.3) is 86.3 Å². The Kier molecular flexibility index (Phi) is 7.39. The molecule has 0 bridgehead atoms. The van der Waals surface area contributed by atoms with Crippen LogP contribution in [0, 0.1) is 0 Å². The topological polar surface area (TPSA) is 16.4 Å². The Hall–Kier alpha value is -6.94. The number of hydrogen-bond acceptors (Lipinski definition) is 3. The van der Waals surface area contributed by atoms with E-state index in [1.807, 2.05) is 11.3 Å². The molecule has 0 fully saturated rings. The van der Waals surface area contributed by atoms with Crippen molar-refractivity contribution in [1.29, 1.82) is 0 Å². The van der Waals surface area contributed by atoms with E-state index in [0.717, 1.165) is 50.1 Å². The Morgan fingerprint density at radius 3 is 1.67 bits per heavy atom. The molecule has 11 rings (SSSR count). The van der Waals surface area contributed by atoms with Crippen molar-refractivity contribution in [2.45, 2.75) is 0 Å². The van der Waals surface area contributed by atoms with Gasteiger partial charge in [0.15, 0.2) is 5.58 Å². The van der Waals surface area contributed by atoms with E-state index >= 15 is 0 Å². The summed E-state index contributed by atoms with van der Waals surface area (Å²) in [4.78, 5) is 2.38. The lowest BCUT2D eigenvalue weighted by Crippen LogP contribution is -2.11. The fourth-order valence-electron chi connectivity index (χ4n) is 8.39. The van der Waals surface area contributed by atoms with Crippen molar-refractivity contribution < 1.29 is 4.42 Å². The summed E-state index contributed by atoms with van der Waals surface area (Å²) in [6.07, 6.45) is 0. The molecule has 0 atom stereocenters. The summed E-state index contributed by atoms with van der Waals surface area (Å²) in [5, 5.41) is 7.19. The number of fused-ring (bicyclic) bond motifs is 7. The van der Waals surface area contributed by atoms with Crippen molar-refractivity contribution in [3.05, 3.63) is 200 Å². The fraction of sp³-hybridized carbons (Fsp3) is 0. The minimum atomic E-state index is 0.857. The van der Waals surface area contributed by atoms with Gasteiger partial charge in [-0.3, -0.25) is 0 Å². The molecule has 0 N–H and O–H groups in total. The van der Waals surface area contributed by atoms with Gasteiger partial charge in [0.2, 0.25) is 0 Å². The van der Waals surface area contributed by atoms with Crippen LogP contribution in [0.15, 0.2) is 205 Å². The molecule has 11 aromatic rings. The van der Waals surface area contributed by atoms with Gasteiger partial charge in [-0.2, -0.15) is 0 Å².